The summed E-state index contributed by atoms with van der Waals surface area (Å²) in [5.41, 5.74) is 4.99. The van der Waals surface area contributed by atoms with Crippen LogP contribution in [0, 0.1) is 0 Å². The van der Waals surface area contributed by atoms with Crippen LogP contribution in [-0.4, -0.2) is 15.9 Å². The molecule has 0 heterocycles. The lowest BCUT2D eigenvalue weighted by molar-refractivity contribution is -0.137. The molecule has 9 heteroatoms. The molecule has 4 nitrogen and oxygen atoms in total. The Morgan fingerprint density at radius 1 is 1.23 bits per heavy atom. The van der Waals surface area contributed by atoms with Crippen molar-refractivity contribution in [3.63, 3.8) is 0 Å². The summed E-state index contributed by atoms with van der Waals surface area (Å²) in [7, 11) is -1.23. The molecule has 0 saturated heterocycles. The Bertz CT molecular complexity index is 856. The van der Waals surface area contributed by atoms with E-state index in [0.29, 0.717) is 16.2 Å². The smallest absolute Gasteiger partial charge is 0.398 e. The van der Waals surface area contributed by atoms with Crippen molar-refractivity contribution in [2.45, 2.75) is 24.5 Å². The molecule has 2 rings (SSSR count). The summed E-state index contributed by atoms with van der Waals surface area (Å²) >= 11 is 3.31. The molecule has 1 unspecified atom stereocenters. The predicted molar refractivity (Wildman–Crippen MR) is 98.1 cm³/mol. The summed E-state index contributed by atoms with van der Waals surface area (Å²) < 4.78 is 51.3. The van der Waals surface area contributed by atoms with Crippen molar-refractivity contribution in [3.05, 3.63) is 57.6 Å². The number of nitrogens with one attached hydrogen (secondary N) is 1. The van der Waals surface area contributed by atoms with E-state index < -0.39 is 28.4 Å². The third-order valence-corrected chi connectivity index (χ3v) is 5.50. The van der Waals surface area contributed by atoms with Crippen molar-refractivity contribution in [3.8, 4) is 0 Å². The summed E-state index contributed by atoms with van der Waals surface area (Å²) in [5.74, 6) is -0.329. The largest absolute Gasteiger partial charge is 0.416 e. The SMILES string of the molecule is CCS(=O)c1ccc(Br)cc1CNC(=O)c1cc(C(F)(F)F)ccc1N. The minimum Gasteiger partial charge on any atom is -0.398 e. The Kier molecular flexibility index (Phi) is 6.46. The molecule has 0 fully saturated rings. The van der Waals surface area contributed by atoms with E-state index in [-0.39, 0.29) is 17.8 Å². The highest BCUT2D eigenvalue weighted by molar-refractivity contribution is 9.10. The van der Waals surface area contributed by atoms with Crippen LogP contribution in [0.25, 0.3) is 0 Å². The van der Waals surface area contributed by atoms with Gasteiger partial charge in [-0.25, -0.2) is 0 Å². The zero-order valence-electron chi connectivity index (χ0n) is 13.7. The molecule has 2 aromatic carbocycles. The van der Waals surface area contributed by atoms with Gasteiger partial charge in [-0.05, 0) is 42.0 Å². The van der Waals surface area contributed by atoms with Gasteiger partial charge in [0, 0.05) is 27.4 Å². The highest BCUT2D eigenvalue weighted by atomic mass is 79.9. The first kappa shape index (κ1) is 20.4. The van der Waals surface area contributed by atoms with Crippen LogP contribution in [0.3, 0.4) is 0 Å². The van der Waals surface area contributed by atoms with Crippen molar-refractivity contribution >= 4 is 38.3 Å². The number of hydrogen-bond acceptors (Lipinski definition) is 3. The first-order valence-corrected chi connectivity index (χ1v) is 9.66. The zero-order valence-corrected chi connectivity index (χ0v) is 16.1. The van der Waals surface area contributed by atoms with Gasteiger partial charge in [0.25, 0.3) is 5.91 Å². The van der Waals surface area contributed by atoms with Crippen LogP contribution in [0.2, 0.25) is 0 Å². The summed E-state index contributed by atoms with van der Waals surface area (Å²) in [4.78, 5) is 12.9. The maximum absolute atomic E-state index is 12.8. The Balaban J connectivity index is 2.25. The normalized spacial score (nSPS) is 12.7. The molecule has 0 aromatic heterocycles. The number of anilines is 1. The minimum absolute atomic E-state index is 0.00896. The van der Waals surface area contributed by atoms with E-state index >= 15 is 0 Å². The predicted octanol–water partition coefficient (Wildman–Crippen LogP) is 4.11. The number of carbonyl (C=O) groups excluding carboxylic acids is 1. The van der Waals surface area contributed by atoms with Crippen LogP contribution < -0.4 is 11.1 Å². The number of alkyl halides is 3. The molecule has 1 atom stereocenters. The van der Waals surface area contributed by atoms with Gasteiger partial charge in [0.15, 0.2) is 0 Å². The lowest BCUT2D eigenvalue weighted by atomic mass is 10.1. The number of rotatable bonds is 5. The highest BCUT2D eigenvalue weighted by Crippen LogP contribution is 2.31. The number of benzene rings is 2. The topological polar surface area (TPSA) is 72.2 Å². The molecule has 0 radical (unpaired) electrons. The number of amides is 1. The first-order chi connectivity index (χ1) is 12.1. The monoisotopic (exact) mass is 448 g/mol. The van der Waals surface area contributed by atoms with E-state index in [1.54, 1.807) is 25.1 Å². The Morgan fingerprint density at radius 2 is 1.92 bits per heavy atom. The van der Waals surface area contributed by atoms with Gasteiger partial charge in [0.1, 0.15) is 0 Å². The number of nitrogen functional groups attached to an aromatic ring is 1. The standard InChI is InChI=1S/C17H16BrF3N2O2S/c1-2-26(25)15-6-4-12(18)7-10(15)9-23-16(24)13-8-11(17(19,20)21)3-5-14(13)22/h3-8H,2,9,22H2,1H3,(H,23,24). The summed E-state index contributed by atoms with van der Waals surface area (Å²) in [6.45, 7) is 1.78. The van der Waals surface area contributed by atoms with Crippen LogP contribution >= 0.6 is 15.9 Å². The second kappa shape index (κ2) is 8.22. The fraction of sp³-hybridized carbons (Fsp3) is 0.235. The van der Waals surface area contributed by atoms with E-state index in [2.05, 4.69) is 21.2 Å². The van der Waals surface area contributed by atoms with Crippen molar-refractivity contribution in [2.75, 3.05) is 11.5 Å². The van der Waals surface area contributed by atoms with E-state index in [1.165, 1.54) is 0 Å². The maximum atomic E-state index is 12.8. The van der Waals surface area contributed by atoms with Crippen LogP contribution in [0.5, 0.6) is 0 Å². The van der Waals surface area contributed by atoms with Gasteiger partial charge < -0.3 is 11.1 Å². The minimum atomic E-state index is -4.57. The molecule has 0 aliphatic rings. The van der Waals surface area contributed by atoms with Crippen LogP contribution in [0.15, 0.2) is 45.8 Å². The molecular formula is C17H16BrF3N2O2S. The molecule has 0 bridgehead atoms. The molecule has 1 amide bonds. The number of nitrogens with two attached hydrogens (primary N) is 1. The fourth-order valence-electron chi connectivity index (χ4n) is 2.26. The molecule has 0 aliphatic carbocycles. The molecule has 140 valence electrons. The number of carbonyl (C=O) groups is 1. The summed E-state index contributed by atoms with van der Waals surface area (Å²) in [6, 6.07) is 7.72. The van der Waals surface area contributed by atoms with Crippen LogP contribution in [-0.2, 0) is 23.5 Å². The van der Waals surface area contributed by atoms with Gasteiger partial charge in [-0.3, -0.25) is 9.00 Å². The van der Waals surface area contributed by atoms with E-state index in [4.69, 9.17) is 5.73 Å². The molecule has 2 aromatic rings. The Morgan fingerprint density at radius 3 is 2.54 bits per heavy atom. The molecular weight excluding hydrogens is 433 g/mol. The molecule has 0 spiro atoms. The van der Waals surface area contributed by atoms with E-state index in [0.717, 1.165) is 22.7 Å². The molecule has 0 aliphatic heterocycles. The fourth-order valence-corrected chi connectivity index (χ4v) is 3.63. The Hall–Kier alpha value is -1.87. The molecule has 26 heavy (non-hydrogen) atoms. The van der Waals surface area contributed by atoms with Gasteiger partial charge in [-0.1, -0.05) is 22.9 Å². The second-order valence-electron chi connectivity index (χ2n) is 5.37. The second-order valence-corrected chi connectivity index (χ2v) is 7.99. The van der Waals surface area contributed by atoms with Gasteiger partial charge in [0.05, 0.1) is 21.9 Å². The average Bonchev–Trinajstić information content (AvgIpc) is 2.58. The lowest BCUT2D eigenvalue weighted by Crippen LogP contribution is -2.25. The van der Waals surface area contributed by atoms with Crippen LogP contribution in [0.1, 0.15) is 28.4 Å². The molecule has 0 saturated carbocycles. The number of hydrogen-bond donors (Lipinski definition) is 2. The van der Waals surface area contributed by atoms with Gasteiger partial charge >= 0.3 is 6.18 Å². The van der Waals surface area contributed by atoms with Gasteiger partial charge in [0.2, 0.25) is 0 Å². The lowest BCUT2D eigenvalue weighted by Gasteiger charge is -2.13. The quantitative estimate of drug-likeness (QED) is 0.676. The van der Waals surface area contributed by atoms with Gasteiger partial charge in [-0.2, -0.15) is 13.2 Å². The summed E-state index contributed by atoms with van der Waals surface area (Å²) in [5, 5.41) is 2.54. The van der Waals surface area contributed by atoms with E-state index in [9.17, 15) is 22.2 Å². The first-order valence-electron chi connectivity index (χ1n) is 7.55. The Labute approximate surface area is 159 Å². The van der Waals surface area contributed by atoms with E-state index in [1.807, 2.05) is 0 Å². The van der Waals surface area contributed by atoms with Crippen molar-refractivity contribution in [1.82, 2.24) is 5.32 Å². The third kappa shape index (κ3) is 4.85. The maximum Gasteiger partial charge on any atom is 0.416 e. The van der Waals surface area contributed by atoms with Crippen molar-refractivity contribution in [2.24, 2.45) is 0 Å². The zero-order chi connectivity index (χ0) is 19.5. The van der Waals surface area contributed by atoms with Crippen molar-refractivity contribution in [1.29, 1.82) is 0 Å². The molecule has 3 N–H and O–H groups in total. The number of halogens is 4. The third-order valence-electron chi connectivity index (χ3n) is 3.59. The summed E-state index contributed by atoms with van der Waals surface area (Å²) in [6.07, 6.45) is -4.57. The average molecular weight is 449 g/mol. The van der Waals surface area contributed by atoms with Crippen LogP contribution in [0.4, 0.5) is 18.9 Å². The van der Waals surface area contributed by atoms with Gasteiger partial charge in [-0.15, -0.1) is 0 Å². The highest BCUT2D eigenvalue weighted by Gasteiger charge is 2.31. The van der Waals surface area contributed by atoms with Crippen molar-refractivity contribution < 1.29 is 22.2 Å².